The van der Waals surface area contributed by atoms with E-state index in [9.17, 15) is 4.79 Å². The zero-order valence-electron chi connectivity index (χ0n) is 11.5. The fourth-order valence-corrected chi connectivity index (χ4v) is 2.40. The maximum Gasteiger partial charge on any atom is 0.309 e. The highest BCUT2D eigenvalue weighted by Gasteiger charge is 2.25. The summed E-state index contributed by atoms with van der Waals surface area (Å²) in [5.41, 5.74) is 1.20. The summed E-state index contributed by atoms with van der Waals surface area (Å²) in [5, 5.41) is 0. The van der Waals surface area contributed by atoms with Crippen LogP contribution >= 0.6 is 0 Å². The molecule has 1 aliphatic rings. The van der Waals surface area contributed by atoms with Crippen LogP contribution in [0.15, 0.2) is 40.9 Å². The molecular weight excluding hydrogens is 254 g/mol. The van der Waals surface area contributed by atoms with Crippen molar-refractivity contribution in [1.29, 1.82) is 0 Å². The van der Waals surface area contributed by atoms with E-state index in [-0.39, 0.29) is 11.8 Å². The van der Waals surface area contributed by atoms with Gasteiger partial charge in [0, 0.05) is 31.9 Å². The molecule has 1 aromatic heterocycles. The molecule has 5 nitrogen and oxygen atoms in total. The number of hydrogen-bond donors (Lipinski definition) is 0. The number of para-hydroxylation sites is 1. The average Bonchev–Trinajstić information content (AvgIpc) is 2.94. The largest absolute Gasteiger partial charge is 0.438 e. The van der Waals surface area contributed by atoms with Gasteiger partial charge in [0.2, 0.25) is 0 Å². The van der Waals surface area contributed by atoms with E-state index in [1.807, 2.05) is 18.2 Å². The SMILES string of the molecule is Cc1cnc(C(=O)N2CCN(c3ccccc3)CC2)o1. The third-order valence-corrected chi connectivity index (χ3v) is 3.49. The number of hydrogen-bond acceptors (Lipinski definition) is 4. The number of amides is 1. The van der Waals surface area contributed by atoms with Crippen molar-refractivity contribution < 1.29 is 9.21 Å². The summed E-state index contributed by atoms with van der Waals surface area (Å²) in [6.07, 6.45) is 1.58. The van der Waals surface area contributed by atoms with Gasteiger partial charge in [0.05, 0.1) is 6.20 Å². The second-order valence-electron chi connectivity index (χ2n) is 4.89. The van der Waals surface area contributed by atoms with Crippen molar-refractivity contribution in [3.8, 4) is 0 Å². The van der Waals surface area contributed by atoms with Gasteiger partial charge < -0.3 is 14.2 Å². The Morgan fingerprint density at radius 2 is 1.85 bits per heavy atom. The van der Waals surface area contributed by atoms with E-state index in [1.165, 1.54) is 5.69 Å². The van der Waals surface area contributed by atoms with Gasteiger partial charge in [-0.25, -0.2) is 4.98 Å². The van der Waals surface area contributed by atoms with Gasteiger partial charge in [-0.2, -0.15) is 0 Å². The number of aromatic nitrogens is 1. The Kier molecular flexibility index (Phi) is 3.41. The molecule has 104 valence electrons. The van der Waals surface area contributed by atoms with Crippen molar-refractivity contribution >= 4 is 11.6 Å². The first-order valence-electron chi connectivity index (χ1n) is 6.76. The lowest BCUT2D eigenvalue weighted by Gasteiger charge is -2.35. The smallest absolute Gasteiger partial charge is 0.309 e. The quantitative estimate of drug-likeness (QED) is 0.837. The summed E-state index contributed by atoms with van der Waals surface area (Å²) in [6, 6.07) is 10.3. The summed E-state index contributed by atoms with van der Waals surface area (Å²) >= 11 is 0. The molecule has 0 radical (unpaired) electrons. The van der Waals surface area contributed by atoms with Crippen LogP contribution in [0.5, 0.6) is 0 Å². The molecule has 2 heterocycles. The van der Waals surface area contributed by atoms with Crippen LogP contribution in [-0.4, -0.2) is 42.0 Å². The normalized spacial score (nSPS) is 15.4. The van der Waals surface area contributed by atoms with Crippen LogP contribution in [0, 0.1) is 6.92 Å². The molecule has 1 amide bonds. The lowest BCUT2D eigenvalue weighted by molar-refractivity contribution is 0.0705. The Morgan fingerprint density at radius 3 is 2.45 bits per heavy atom. The predicted molar refractivity (Wildman–Crippen MR) is 75.8 cm³/mol. The first-order valence-corrected chi connectivity index (χ1v) is 6.76. The Bertz CT molecular complexity index is 586. The number of nitrogens with zero attached hydrogens (tertiary/aromatic N) is 3. The summed E-state index contributed by atoms with van der Waals surface area (Å²) in [6.45, 7) is 4.83. The van der Waals surface area contributed by atoms with E-state index in [0.717, 1.165) is 13.1 Å². The van der Waals surface area contributed by atoms with Gasteiger partial charge in [0.1, 0.15) is 5.76 Å². The predicted octanol–water partition coefficient (Wildman–Crippen LogP) is 1.95. The van der Waals surface area contributed by atoms with E-state index in [2.05, 4.69) is 22.0 Å². The lowest BCUT2D eigenvalue weighted by atomic mass is 10.2. The molecule has 2 aromatic rings. The number of carbonyl (C=O) groups is 1. The van der Waals surface area contributed by atoms with Crippen molar-refractivity contribution in [3.05, 3.63) is 48.2 Å². The highest BCUT2D eigenvalue weighted by molar-refractivity contribution is 5.89. The lowest BCUT2D eigenvalue weighted by Crippen LogP contribution is -2.48. The van der Waals surface area contributed by atoms with E-state index in [1.54, 1.807) is 18.0 Å². The van der Waals surface area contributed by atoms with E-state index in [0.29, 0.717) is 18.8 Å². The number of piperazine rings is 1. The van der Waals surface area contributed by atoms with Gasteiger partial charge in [0.15, 0.2) is 0 Å². The van der Waals surface area contributed by atoms with Gasteiger partial charge in [-0.3, -0.25) is 4.79 Å². The van der Waals surface area contributed by atoms with Crippen molar-refractivity contribution in [2.24, 2.45) is 0 Å². The molecule has 1 fully saturated rings. The second-order valence-corrected chi connectivity index (χ2v) is 4.89. The standard InChI is InChI=1S/C15H17N3O2/c1-12-11-16-14(20-12)15(19)18-9-7-17(8-10-18)13-5-3-2-4-6-13/h2-6,11H,7-10H2,1H3. The molecule has 5 heteroatoms. The van der Waals surface area contributed by atoms with Crippen molar-refractivity contribution in [1.82, 2.24) is 9.88 Å². The zero-order valence-corrected chi connectivity index (χ0v) is 11.5. The zero-order chi connectivity index (χ0) is 13.9. The molecule has 0 bridgehead atoms. The molecule has 1 aromatic carbocycles. The average molecular weight is 271 g/mol. The van der Waals surface area contributed by atoms with Crippen LogP contribution in [0.2, 0.25) is 0 Å². The highest BCUT2D eigenvalue weighted by atomic mass is 16.4. The maximum absolute atomic E-state index is 12.2. The van der Waals surface area contributed by atoms with E-state index in [4.69, 9.17) is 4.42 Å². The summed E-state index contributed by atoms with van der Waals surface area (Å²) < 4.78 is 5.29. The Balaban J connectivity index is 1.63. The number of oxazole rings is 1. The number of rotatable bonds is 2. The van der Waals surface area contributed by atoms with Crippen LogP contribution in [-0.2, 0) is 0 Å². The molecule has 20 heavy (non-hydrogen) atoms. The Hall–Kier alpha value is -2.30. The molecule has 0 unspecified atom stereocenters. The van der Waals surface area contributed by atoms with Crippen LogP contribution in [0.3, 0.4) is 0 Å². The second kappa shape index (κ2) is 5.36. The summed E-state index contributed by atoms with van der Waals surface area (Å²) in [7, 11) is 0. The third-order valence-electron chi connectivity index (χ3n) is 3.49. The topological polar surface area (TPSA) is 49.6 Å². The molecule has 1 aliphatic heterocycles. The molecule has 0 aliphatic carbocycles. The van der Waals surface area contributed by atoms with Crippen molar-refractivity contribution in [2.75, 3.05) is 31.1 Å². The minimum Gasteiger partial charge on any atom is -0.438 e. The summed E-state index contributed by atoms with van der Waals surface area (Å²) in [4.78, 5) is 20.3. The van der Waals surface area contributed by atoms with Crippen molar-refractivity contribution in [2.45, 2.75) is 6.92 Å². The first-order chi connectivity index (χ1) is 9.74. The van der Waals surface area contributed by atoms with Crippen molar-refractivity contribution in [3.63, 3.8) is 0 Å². The van der Waals surface area contributed by atoms with Crippen LogP contribution in [0.4, 0.5) is 5.69 Å². The minimum absolute atomic E-state index is 0.120. The van der Waals surface area contributed by atoms with Gasteiger partial charge in [-0.15, -0.1) is 0 Å². The molecule has 1 saturated heterocycles. The maximum atomic E-state index is 12.2. The number of aryl methyl sites for hydroxylation is 1. The fraction of sp³-hybridized carbons (Fsp3) is 0.333. The number of benzene rings is 1. The molecule has 0 N–H and O–H groups in total. The van der Waals surface area contributed by atoms with Gasteiger partial charge in [-0.05, 0) is 19.1 Å². The molecule has 3 rings (SSSR count). The van der Waals surface area contributed by atoms with E-state index < -0.39 is 0 Å². The highest BCUT2D eigenvalue weighted by Crippen LogP contribution is 2.16. The molecule has 0 atom stereocenters. The van der Waals surface area contributed by atoms with Gasteiger partial charge in [0.25, 0.3) is 5.89 Å². The Labute approximate surface area is 117 Å². The van der Waals surface area contributed by atoms with Crippen LogP contribution in [0.1, 0.15) is 16.4 Å². The monoisotopic (exact) mass is 271 g/mol. The molecule has 0 saturated carbocycles. The third kappa shape index (κ3) is 2.52. The molecule has 0 spiro atoms. The summed E-state index contributed by atoms with van der Waals surface area (Å²) in [5.74, 6) is 0.734. The van der Waals surface area contributed by atoms with Gasteiger partial charge in [-0.1, -0.05) is 18.2 Å². The van der Waals surface area contributed by atoms with Crippen LogP contribution in [0.25, 0.3) is 0 Å². The number of carbonyl (C=O) groups excluding carboxylic acids is 1. The number of anilines is 1. The van der Waals surface area contributed by atoms with Crippen LogP contribution < -0.4 is 4.90 Å². The van der Waals surface area contributed by atoms with E-state index >= 15 is 0 Å². The fourth-order valence-electron chi connectivity index (χ4n) is 2.40. The minimum atomic E-state index is -0.120. The Morgan fingerprint density at radius 1 is 1.15 bits per heavy atom. The first kappa shape index (κ1) is 12.7. The molecular formula is C15H17N3O2. The van der Waals surface area contributed by atoms with Gasteiger partial charge >= 0.3 is 5.91 Å².